The van der Waals surface area contributed by atoms with Crippen molar-refractivity contribution in [3.05, 3.63) is 77.9 Å². The van der Waals surface area contributed by atoms with Gasteiger partial charge in [-0.25, -0.2) is 13.4 Å². The maximum Gasteiger partial charge on any atom is 0.243 e. The van der Waals surface area contributed by atoms with E-state index in [0.717, 1.165) is 22.6 Å². The van der Waals surface area contributed by atoms with Crippen LogP contribution in [-0.2, 0) is 15.4 Å². The second-order valence-electron chi connectivity index (χ2n) is 10.0. The minimum atomic E-state index is -3.58. The third-order valence-electron chi connectivity index (χ3n) is 6.64. The third kappa shape index (κ3) is 4.58. The summed E-state index contributed by atoms with van der Waals surface area (Å²) < 4.78 is 39.9. The number of aliphatic imine (C=N–C) groups is 1. The van der Waals surface area contributed by atoms with Gasteiger partial charge in [-0.05, 0) is 53.4 Å². The SMILES string of the molecule is COc1ccc2c(c1)C(N1CCN(S(=O)(=O)c3ccc(C(C)(C)C)cc3)CC1)=Nc1ccccc1O2. The minimum Gasteiger partial charge on any atom is -0.497 e. The molecule has 36 heavy (non-hydrogen) atoms. The number of piperazine rings is 1. The number of nitrogens with zero attached hydrogens (tertiary/aromatic N) is 3. The second kappa shape index (κ2) is 9.26. The van der Waals surface area contributed by atoms with E-state index in [1.807, 2.05) is 54.6 Å². The Labute approximate surface area is 213 Å². The number of hydrogen-bond donors (Lipinski definition) is 0. The standard InChI is InChI=1S/C28H31N3O4S/c1-28(2,3)20-9-12-22(13-10-20)36(32,33)31-17-15-30(16-18-31)27-23-19-21(34-4)11-14-25(23)35-26-8-6-5-7-24(26)29-27/h5-14,19H,15-18H2,1-4H3. The molecule has 3 aromatic carbocycles. The molecule has 0 atom stereocenters. The molecule has 0 aromatic heterocycles. The number of sulfonamides is 1. The van der Waals surface area contributed by atoms with Gasteiger partial charge in [0.1, 0.15) is 23.0 Å². The van der Waals surface area contributed by atoms with E-state index in [9.17, 15) is 8.42 Å². The van der Waals surface area contributed by atoms with Crippen LogP contribution in [0.5, 0.6) is 17.2 Å². The normalized spacial score (nSPS) is 16.3. The molecule has 0 saturated carbocycles. The first-order valence-corrected chi connectivity index (χ1v) is 13.5. The number of methoxy groups -OCH3 is 1. The molecule has 0 spiro atoms. The van der Waals surface area contributed by atoms with Gasteiger partial charge in [-0.1, -0.05) is 45.0 Å². The monoisotopic (exact) mass is 505 g/mol. The summed E-state index contributed by atoms with van der Waals surface area (Å²) in [5, 5.41) is 0. The average Bonchev–Trinajstić information content (AvgIpc) is 3.04. The van der Waals surface area contributed by atoms with E-state index in [4.69, 9.17) is 14.5 Å². The quantitative estimate of drug-likeness (QED) is 0.490. The van der Waals surface area contributed by atoms with Crippen molar-refractivity contribution in [1.82, 2.24) is 9.21 Å². The van der Waals surface area contributed by atoms with Gasteiger partial charge in [-0.2, -0.15) is 4.31 Å². The summed E-state index contributed by atoms with van der Waals surface area (Å²) in [7, 11) is -1.96. The van der Waals surface area contributed by atoms with Crippen LogP contribution in [0.4, 0.5) is 5.69 Å². The molecule has 8 heteroatoms. The highest BCUT2D eigenvalue weighted by molar-refractivity contribution is 7.89. The van der Waals surface area contributed by atoms with Crippen molar-refractivity contribution in [3.63, 3.8) is 0 Å². The van der Waals surface area contributed by atoms with Crippen molar-refractivity contribution in [1.29, 1.82) is 0 Å². The summed E-state index contributed by atoms with van der Waals surface area (Å²) in [6.07, 6.45) is 0. The van der Waals surface area contributed by atoms with Gasteiger partial charge in [0.15, 0.2) is 5.75 Å². The van der Waals surface area contributed by atoms with Crippen LogP contribution in [0, 0.1) is 0 Å². The average molecular weight is 506 g/mol. The fraction of sp³-hybridized carbons (Fsp3) is 0.321. The van der Waals surface area contributed by atoms with Crippen LogP contribution in [0.3, 0.4) is 0 Å². The molecule has 188 valence electrons. The highest BCUT2D eigenvalue weighted by Gasteiger charge is 2.32. The molecule has 7 nitrogen and oxygen atoms in total. The predicted molar refractivity (Wildman–Crippen MR) is 141 cm³/mol. The zero-order valence-corrected chi connectivity index (χ0v) is 21.9. The molecule has 1 saturated heterocycles. The number of benzene rings is 3. The molecule has 3 aromatic rings. The Morgan fingerprint density at radius 2 is 1.58 bits per heavy atom. The van der Waals surface area contributed by atoms with Crippen molar-refractivity contribution in [3.8, 4) is 17.2 Å². The predicted octanol–water partition coefficient (Wildman–Crippen LogP) is 5.18. The lowest BCUT2D eigenvalue weighted by Gasteiger charge is -2.36. The topological polar surface area (TPSA) is 71.4 Å². The molecule has 0 unspecified atom stereocenters. The van der Waals surface area contributed by atoms with Crippen LogP contribution in [0.2, 0.25) is 0 Å². The van der Waals surface area contributed by atoms with E-state index in [2.05, 4.69) is 25.7 Å². The van der Waals surface area contributed by atoms with Crippen LogP contribution in [0.1, 0.15) is 31.9 Å². The Bertz CT molecular complexity index is 1400. The van der Waals surface area contributed by atoms with Crippen molar-refractivity contribution in [2.75, 3.05) is 33.3 Å². The minimum absolute atomic E-state index is 0.0331. The second-order valence-corrected chi connectivity index (χ2v) is 12.0. The number of ether oxygens (including phenoxy) is 2. The summed E-state index contributed by atoms with van der Waals surface area (Å²) in [5.41, 5.74) is 2.62. The zero-order valence-electron chi connectivity index (χ0n) is 21.1. The number of hydrogen-bond acceptors (Lipinski definition) is 6. The van der Waals surface area contributed by atoms with Crippen LogP contribution in [0.25, 0.3) is 0 Å². The lowest BCUT2D eigenvalue weighted by Crippen LogP contribution is -2.50. The largest absolute Gasteiger partial charge is 0.497 e. The fourth-order valence-corrected chi connectivity index (χ4v) is 5.91. The summed E-state index contributed by atoms with van der Waals surface area (Å²) in [6.45, 7) is 8.09. The van der Waals surface area contributed by atoms with E-state index in [1.165, 1.54) is 0 Å². The Kier molecular flexibility index (Phi) is 6.26. The lowest BCUT2D eigenvalue weighted by atomic mass is 9.87. The van der Waals surface area contributed by atoms with E-state index in [1.54, 1.807) is 23.5 Å². The van der Waals surface area contributed by atoms with Crippen molar-refractivity contribution in [2.45, 2.75) is 31.1 Å². The van der Waals surface area contributed by atoms with Gasteiger partial charge in [0, 0.05) is 26.2 Å². The van der Waals surface area contributed by atoms with Crippen LogP contribution in [0.15, 0.2) is 76.6 Å². The molecule has 0 aliphatic carbocycles. The molecule has 0 radical (unpaired) electrons. The first-order valence-electron chi connectivity index (χ1n) is 12.1. The molecule has 2 aliphatic rings. The van der Waals surface area contributed by atoms with Gasteiger partial charge in [0.05, 0.1) is 17.6 Å². The molecular weight excluding hydrogens is 474 g/mol. The fourth-order valence-electron chi connectivity index (χ4n) is 4.49. The van der Waals surface area contributed by atoms with Crippen LogP contribution >= 0.6 is 0 Å². The van der Waals surface area contributed by atoms with E-state index >= 15 is 0 Å². The molecule has 0 N–H and O–H groups in total. The number of amidine groups is 1. The highest BCUT2D eigenvalue weighted by atomic mass is 32.2. The summed E-state index contributed by atoms with van der Waals surface area (Å²) in [5.74, 6) is 2.82. The van der Waals surface area contributed by atoms with Gasteiger partial charge in [-0.3, -0.25) is 0 Å². The highest BCUT2D eigenvalue weighted by Crippen LogP contribution is 2.39. The van der Waals surface area contributed by atoms with Crippen LogP contribution < -0.4 is 9.47 Å². The first-order chi connectivity index (χ1) is 17.2. The number of fused-ring (bicyclic) bond motifs is 2. The van der Waals surface area contributed by atoms with E-state index in [0.29, 0.717) is 48.3 Å². The molecule has 0 bridgehead atoms. The molecule has 2 aliphatic heterocycles. The van der Waals surface area contributed by atoms with Crippen LogP contribution in [-0.4, -0.2) is 56.7 Å². The van der Waals surface area contributed by atoms with Crippen molar-refractivity contribution in [2.24, 2.45) is 4.99 Å². The Hall–Kier alpha value is -3.36. The maximum absolute atomic E-state index is 13.4. The van der Waals surface area contributed by atoms with Crippen molar-refractivity contribution < 1.29 is 17.9 Å². The first kappa shape index (κ1) is 24.3. The number of rotatable bonds is 3. The zero-order chi connectivity index (χ0) is 25.5. The van der Waals surface area contributed by atoms with E-state index < -0.39 is 10.0 Å². The maximum atomic E-state index is 13.4. The van der Waals surface area contributed by atoms with Gasteiger partial charge < -0.3 is 14.4 Å². The van der Waals surface area contributed by atoms with Gasteiger partial charge in [0.2, 0.25) is 10.0 Å². The summed E-state index contributed by atoms with van der Waals surface area (Å²) in [6, 6.07) is 20.6. The Balaban J connectivity index is 1.41. The van der Waals surface area contributed by atoms with Crippen molar-refractivity contribution >= 4 is 21.5 Å². The molecule has 5 rings (SSSR count). The smallest absolute Gasteiger partial charge is 0.243 e. The molecule has 1 fully saturated rings. The van der Waals surface area contributed by atoms with E-state index in [-0.39, 0.29) is 5.41 Å². The van der Waals surface area contributed by atoms with Gasteiger partial charge in [-0.15, -0.1) is 0 Å². The number of para-hydroxylation sites is 2. The van der Waals surface area contributed by atoms with Gasteiger partial charge in [0.25, 0.3) is 0 Å². The molecule has 0 amide bonds. The summed E-state index contributed by atoms with van der Waals surface area (Å²) in [4.78, 5) is 7.40. The van der Waals surface area contributed by atoms with Gasteiger partial charge >= 0.3 is 0 Å². The lowest BCUT2D eigenvalue weighted by molar-refractivity contribution is 0.266. The Morgan fingerprint density at radius 1 is 0.889 bits per heavy atom. The molecule has 2 heterocycles. The third-order valence-corrected chi connectivity index (χ3v) is 8.55. The molecular formula is C28H31N3O4S. The summed E-state index contributed by atoms with van der Waals surface area (Å²) >= 11 is 0. The Morgan fingerprint density at radius 3 is 2.25 bits per heavy atom.